The van der Waals surface area contributed by atoms with Gasteiger partial charge in [-0.05, 0) is 16.7 Å². The second-order valence-electron chi connectivity index (χ2n) is 8.05. The molecule has 0 saturated carbocycles. The van der Waals surface area contributed by atoms with Gasteiger partial charge in [-0.1, -0.05) is 94.4 Å². The number of hydrogen-bond acceptors (Lipinski definition) is 8. The van der Waals surface area contributed by atoms with Crippen LogP contribution in [0.15, 0.2) is 89.7 Å². The van der Waals surface area contributed by atoms with Crippen LogP contribution >= 0.6 is 27.7 Å². The van der Waals surface area contributed by atoms with Gasteiger partial charge in [0.25, 0.3) is 11.8 Å². The molecular formula is C26H22BrN3O6S. The Morgan fingerprint density at radius 1 is 1.16 bits per heavy atom. The molecule has 9 nitrogen and oxygen atoms in total. The number of alkyl halides is 1. The monoisotopic (exact) mass is 583 g/mol. The van der Waals surface area contributed by atoms with Crippen LogP contribution in [0.1, 0.15) is 17.2 Å². The first kappa shape index (κ1) is 26.4. The summed E-state index contributed by atoms with van der Waals surface area (Å²) < 4.78 is 5.98. The van der Waals surface area contributed by atoms with E-state index in [4.69, 9.17) is 9.94 Å². The molecule has 0 aromatic heterocycles. The SMILES string of the molecule is C=CC1=C(C(=O)OC(c2ccccc2)c2ccccc2)N2C(=O)C(NC(=O)C(=NO)C(=O)CBr)[C@@H]2SC1. The number of carbonyl (C=O) groups excluding carboxylic acids is 4. The van der Waals surface area contributed by atoms with Crippen molar-refractivity contribution in [2.45, 2.75) is 17.5 Å². The number of Topliss-reactive ketones (excluding diaryl/α,β-unsaturated/α-hetero) is 1. The first-order chi connectivity index (χ1) is 17.9. The third-order valence-electron chi connectivity index (χ3n) is 5.85. The number of allylic oxidation sites excluding steroid dienone is 1. The number of ether oxygens (including phenoxy) is 1. The topological polar surface area (TPSA) is 125 Å². The van der Waals surface area contributed by atoms with Crippen LogP contribution in [0.4, 0.5) is 0 Å². The molecule has 190 valence electrons. The number of ketones is 1. The second kappa shape index (κ2) is 11.6. The van der Waals surface area contributed by atoms with Crippen molar-refractivity contribution in [2.24, 2.45) is 5.16 Å². The fourth-order valence-electron chi connectivity index (χ4n) is 4.04. The predicted molar refractivity (Wildman–Crippen MR) is 141 cm³/mol. The van der Waals surface area contributed by atoms with Gasteiger partial charge in [-0.2, -0.15) is 0 Å². The number of esters is 1. The van der Waals surface area contributed by atoms with Crippen molar-refractivity contribution in [1.82, 2.24) is 10.2 Å². The maximum atomic E-state index is 13.6. The van der Waals surface area contributed by atoms with E-state index in [0.717, 1.165) is 11.1 Å². The molecular weight excluding hydrogens is 562 g/mol. The molecule has 0 radical (unpaired) electrons. The Balaban J connectivity index is 1.58. The summed E-state index contributed by atoms with van der Waals surface area (Å²) in [5.41, 5.74) is 1.38. The highest BCUT2D eigenvalue weighted by molar-refractivity contribution is 9.09. The minimum atomic E-state index is -1.02. The fraction of sp³-hybridized carbons (Fsp3) is 0.192. The normalized spacial score (nSPS) is 19.1. The Bertz CT molecular complexity index is 1260. The summed E-state index contributed by atoms with van der Waals surface area (Å²) in [6, 6.07) is 17.5. The van der Waals surface area contributed by atoms with E-state index in [0.29, 0.717) is 11.3 Å². The quantitative estimate of drug-likeness (QED) is 0.0884. The van der Waals surface area contributed by atoms with E-state index >= 15 is 0 Å². The van der Waals surface area contributed by atoms with Gasteiger partial charge in [-0.25, -0.2) is 4.79 Å². The average Bonchev–Trinajstić information content (AvgIpc) is 2.94. The molecule has 2 heterocycles. The number of oxime groups is 1. The molecule has 0 bridgehead atoms. The van der Waals surface area contributed by atoms with E-state index in [1.165, 1.54) is 22.7 Å². The van der Waals surface area contributed by atoms with Crippen molar-refractivity contribution >= 4 is 57.0 Å². The zero-order valence-corrected chi connectivity index (χ0v) is 21.8. The van der Waals surface area contributed by atoms with Gasteiger partial charge in [0.2, 0.25) is 11.5 Å². The van der Waals surface area contributed by atoms with Crippen LogP contribution in [0.25, 0.3) is 0 Å². The highest BCUT2D eigenvalue weighted by atomic mass is 79.9. The number of hydrogen-bond donors (Lipinski definition) is 2. The number of nitrogens with zero attached hydrogens (tertiary/aromatic N) is 2. The molecule has 0 aliphatic carbocycles. The fourth-order valence-corrected chi connectivity index (χ4v) is 5.64. The van der Waals surface area contributed by atoms with Crippen LogP contribution < -0.4 is 5.32 Å². The Labute approximate surface area is 225 Å². The first-order valence-electron chi connectivity index (χ1n) is 11.1. The molecule has 2 aliphatic heterocycles. The number of fused-ring (bicyclic) bond motifs is 1. The highest BCUT2D eigenvalue weighted by Crippen LogP contribution is 2.41. The zero-order chi connectivity index (χ0) is 26.5. The number of β-lactam (4-membered cyclic amide) rings is 1. The van der Waals surface area contributed by atoms with Gasteiger partial charge in [0.1, 0.15) is 17.1 Å². The summed E-state index contributed by atoms with van der Waals surface area (Å²) in [6.45, 7) is 3.78. The van der Waals surface area contributed by atoms with E-state index in [1.54, 1.807) is 0 Å². The molecule has 37 heavy (non-hydrogen) atoms. The number of thioether (sulfide) groups is 1. The van der Waals surface area contributed by atoms with Gasteiger partial charge in [0, 0.05) is 5.75 Å². The molecule has 1 fully saturated rings. The van der Waals surface area contributed by atoms with Crippen LogP contribution in [0, 0.1) is 0 Å². The lowest BCUT2D eigenvalue weighted by atomic mass is 10.0. The van der Waals surface area contributed by atoms with Gasteiger partial charge >= 0.3 is 5.97 Å². The largest absolute Gasteiger partial charge is 0.448 e. The lowest BCUT2D eigenvalue weighted by Crippen LogP contribution is -2.71. The molecule has 2 amide bonds. The molecule has 2 aromatic carbocycles. The summed E-state index contributed by atoms with van der Waals surface area (Å²) in [5.74, 6) is -2.65. The Kier molecular flexibility index (Phi) is 8.24. The van der Waals surface area contributed by atoms with E-state index in [1.807, 2.05) is 60.7 Å². The Morgan fingerprint density at radius 2 is 1.76 bits per heavy atom. The highest BCUT2D eigenvalue weighted by Gasteiger charge is 2.54. The van der Waals surface area contributed by atoms with Crippen LogP contribution in [0.3, 0.4) is 0 Å². The molecule has 11 heteroatoms. The lowest BCUT2D eigenvalue weighted by Gasteiger charge is -2.49. The van der Waals surface area contributed by atoms with E-state index in [9.17, 15) is 19.2 Å². The van der Waals surface area contributed by atoms with Crippen molar-refractivity contribution in [2.75, 3.05) is 11.1 Å². The number of halogens is 1. The van der Waals surface area contributed by atoms with Crippen molar-refractivity contribution in [1.29, 1.82) is 0 Å². The average molecular weight is 584 g/mol. The van der Waals surface area contributed by atoms with Crippen molar-refractivity contribution in [3.8, 4) is 0 Å². The van der Waals surface area contributed by atoms with Gasteiger partial charge in [0.05, 0.1) is 5.33 Å². The van der Waals surface area contributed by atoms with Gasteiger partial charge in [0.15, 0.2) is 6.10 Å². The zero-order valence-electron chi connectivity index (χ0n) is 19.4. The summed E-state index contributed by atoms with van der Waals surface area (Å²) in [7, 11) is 0. The van der Waals surface area contributed by atoms with Crippen LogP contribution in [-0.2, 0) is 23.9 Å². The molecule has 0 spiro atoms. The van der Waals surface area contributed by atoms with E-state index < -0.39 is 46.8 Å². The Morgan fingerprint density at radius 3 is 2.27 bits per heavy atom. The number of carbonyl (C=O) groups is 4. The standard InChI is InChI=1S/C26H22BrN3O6S/c1-2-15-14-37-25-20(28-23(32)19(29-35)18(31)13-27)24(33)30(25)21(15)26(34)36-22(16-9-5-3-6-10-16)17-11-7-4-8-12-17/h2-12,20,22,25,35H,1,13-14H2,(H,28,32)/t20?,25-/m0/s1. The molecule has 2 aromatic rings. The van der Waals surface area contributed by atoms with Gasteiger partial charge in [-0.15, -0.1) is 11.8 Å². The third kappa shape index (κ3) is 5.23. The number of amides is 2. The summed E-state index contributed by atoms with van der Waals surface area (Å²) in [4.78, 5) is 52.2. The summed E-state index contributed by atoms with van der Waals surface area (Å²) >= 11 is 4.24. The van der Waals surface area contributed by atoms with Crippen LogP contribution in [0.5, 0.6) is 0 Å². The van der Waals surface area contributed by atoms with Crippen molar-refractivity contribution in [3.63, 3.8) is 0 Å². The first-order valence-corrected chi connectivity index (χ1v) is 13.3. The lowest BCUT2D eigenvalue weighted by molar-refractivity contribution is -0.154. The van der Waals surface area contributed by atoms with Crippen molar-refractivity contribution in [3.05, 3.63) is 95.7 Å². The number of benzene rings is 2. The maximum Gasteiger partial charge on any atom is 0.356 e. The van der Waals surface area contributed by atoms with Crippen LogP contribution in [0.2, 0.25) is 0 Å². The maximum absolute atomic E-state index is 13.6. The van der Waals surface area contributed by atoms with Gasteiger partial charge in [-0.3, -0.25) is 19.3 Å². The number of nitrogens with one attached hydrogen (secondary N) is 1. The molecule has 2 atom stereocenters. The molecule has 1 unspecified atom stereocenters. The van der Waals surface area contributed by atoms with Crippen molar-refractivity contribution < 1.29 is 29.1 Å². The summed E-state index contributed by atoms with van der Waals surface area (Å²) in [6.07, 6.45) is 0.788. The third-order valence-corrected chi connectivity index (χ3v) is 7.67. The smallest absolute Gasteiger partial charge is 0.356 e. The molecule has 2 aliphatic rings. The molecule has 4 rings (SSSR count). The molecule has 2 N–H and O–H groups in total. The van der Waals surface area contributed by atoms with Gasteiger partial charge < -0.3 is 15.3 Å². The summed E-state index contributed by atoms with van der Waals surface area (Å²) in [5, 5.41) is 13.4. The van der Waals surface area contributed by atoms with Crippen LogP contribution in [-0.4, -0.2) is 61.9 Å². The molecule has 1 saturated heterocycles. The van der Waals surface area contributed by atoms with E-state index in [-0.39, 0.29) is 11.0 Å². The minimum absolute atomic E-state index is 0.0543. The second-order valence-corrected chi connectivity index (χ2v) is 9.72. The predicted octanol–water partition coefficient (Wildman–Crippen LogP) is 2.95. The number of rotatable bonds is 9. The Hall–Kier alpha value is -3.70. The van der Waals surface area contributed by atoms with E-state index in [2.05, 4.69) is 33.0 Å². The minimum Gasteiger partial charge on any atom is -0.448 e.